The van der Waals surface area contributed by atoms with Crippen molar-refractivity contribution in [1.82, 2.24) is 14.8 Å². The highest BCUT2D eigenvalue weighted by Crippen LogP contribution is 2.28. The Morgan fingerprint density at radius 3 is 2.46 bits per heavy atom. The smallest absolute Gasteiger partial charge is 0.257 e. The first kappa shape index (κ1) is 20.1. The van der Waals surface area contributed by atoms with Crippen molar-refractivity contribution in [2.45, 2.75) is 25.7 Å². The minimum atomic E-state index is -0.105. The fraction of sp³-hybridized carbons (Fsp3) is 0.391. The third-order valence-electron chi connectivity index (χ3n) is 5.27. The van der Waals surface area contributed by atoms with Gasteiger partial charge in [0.05, 0.1) is 5.56 Å². The summed E-state index contributed by atoms with van der Waals surface area (Å²) in [4.78, 5) is 20.7. The van der Waals surface area contributed by atoms with E-state index in [1.807, 2.05) is 18.2 Å². The molecule has 5 nitrogen and oxygen atoms in total. The topological polar surface area (TPSA) is 62.5 Å². The van der Waals surface area contributed by atoms with Crippen molar-refractivity contribution in [3.05, 3.63) is 64.9 Å². The molecule has 1 aromatic carbocycles. The highest BCUT2D eigenvalue weighted by molar-refractivity contribution is 5.98. The first-order valence-corrected chi connectivity index (χ1v) is 9.86. The standard InChI is InChI=1S/C23H30N4O/c1-17(15-18-7-5-4-6-8-18)16-27-13-11-19(12-14-27)21-10-9-20(22(24)25-21)23(28)26(2)3/h4-10,15,19H,11-14,16H2,1-3H3,(H2,24,25). The Labute approximate surface area is 167 Å². The number of nitrogens with zero attached hydrogens (tertiary/aromatic N) is 3. The molecule has 148 valence electrons. The van der Waals surface area contributed by atoms with Crippen LogP contribution in [0.25, 0.3) is 6.08 Å². The number of carbonyl (C=O) groups is 1. The number of benzene rings is 1. The average Bonchev–Trinajstić information content (AvgIpc) is 2.68. The summed E-state index contributed by atoms with van der Waals surface area (Å²) in [5, 5.41) is 0. The van der Waals surface area contributed by atoms with Gasteiger partial charge >= 0.3 is 0 Å². The lowest BCUT2D eigenvalue weighted by molar-refractivity contribution is 0.0828. The van der Waals surface area contributed by atoms with Gasteiger partial charge in [-0.15, -0.1) is 0 Å². The third kappa shape index (κ3) is 4.98. The Bertz CT molecular complexity index is 837. The van der Waals surface area contributed by atoms with Crippen LogP contribution in [0.5, 0.6) is 0 Å². The lowest BCUT2D eigenvalue weighted by Crippen LogP contribution is -2.34. The van der Waals surface area contributed by atoms with Crippen molar-refractivity contribution in [1.29, 1.82) is 0 Å². The van der Waals surface area contributed by atoms with Crippen LogP contribution in [0.1, 0.15) is 47.3 Å². The Balaban J connectivity index is 1.57. The lowest BCUT2D eigenvalue weighted by atomic mass is 9.92. The molecule has 0 bridgehead atoms. The van der Waals surface area contributed by atoms with E-state index in [0.29, 0.717) is 17.3 Å². The van der Waals surface area contributed by atoms with Crippen LogP contribution in [0.2, 0.25) is 0 Å². The SMILES string of the molecule is CC(=Cc1ccccc1)CN1CCC(c2ccc(C(=O)N(C)C)c(N)n2)CC1. The molecule has 2 aromatic rings. The zero-order chi connectivity index (χ0) is 20.1. The van der Waals surface area contributed by atoms with Gasteiger partial charge in [0.25, 0.3) is 5.91 Å². The summed E-state index contributed by atoms with van der Waals surface area (Å²) < 4.78 is 0. The number of amides is 1. The maximum absolute atomic E-state index is 12.1. The van der Waals surface area contributed by atoms with Crippen LogP contribution < -0.4 is 5.73 Å². The van der Waals surface area contributed by atoms with Gasteiger partial charge in [0.15, 0.2) is 0 Å². The lowest BCUT2D eigenvalue weighted by Gasteiger charge is -2.32. The van der Waals surface area contributed by atoms with E-state index in [2.05, 4.69) is 47.1 Å². The zero-order valence-electron chi connectivity index (χ0n) is 17.1. The van der Waals surface area contributed by atoms with Gasteiger partial charge in [-0.1, -0.05) is 42.0 Å². The predicted molar refractivity (Wildman–Crippen MR) is 115 cm³/mol. The molecule has 0 saturated carbocycles. The molecule has 0 spiro atoms. The minimum Gasteiger partial charge on any atom is -0.383 e. The minimum absolute atomic E-state index is 0.105. The maximum atomic E-state index is 12.1. The van der Waals surface area contributed by atoms with Crippen LogP contribution in [-0.2, 0) is 0 Å². The molecule has 28 heavy (non-hydrogen) atoms. The van der Waals surface area contributed by atoms with Crippen LogP contribution in [-0.4, -0.2) is 54.4 Å². The quantitative estimate of drug-likeness (QED) is 0.863. The molecule has 1 fully saturated rings. The van der Waals surface area contributed by atoms with E-state index in [0.717, 1.165) is 38.2 Å². The highest BCUT2D eigenvalue weighted by atomic mass is 16.2. The fourth-order valence-corrected chi connectivity index (χ4v) is 3.76. The molecule has 1 saturated heterocycles. The summed E-state index contributed by atoms with van der Waals surface area (Å²) >= 11 is 0. The molecule has 5 heteroatoms. The van der Waals surface area contributed by atoms with Gasteiger partial charge in [-0.05, 0) is 50.6 Å². The number of pyridine rings is 1. The normalized spacial score (nSPS) is 16.2. The number of hydrogen-bond donors (Lipinski definition) is 1. The molecule has 0 atom stereocenters. The monoisotopic (exact) mass is 378 g/mol. The largest absolute Gasteiger partial charge is 0.383 e. The van der Waals surface area contributed by atoms with Crippen LogP contribution in [0.4, 0.5) is 5.82 Å². The molecule has 2 N–H and O–H groups in total. The number of nitrogens with two attached hydrogens (primary N) is 1. The average molecular weight is 379 g/mol. The van der Waals surface area contributed by atoms with Crippen molar-refractivity contribution >= 4 is 17.8 Å². The molecule has 0 aliphatic carbocycles. The summed E-state index contributed by atoms with van der Waals surface area (Å²) in [6.45, 7) is 5.28. The Morgan fingerprint density at radius 1 is 1.18 bits per heavy atom. The zero-order valence-corrected chi connectivity index (χ0v) is 17.1. The highest BCUT2D eigenvalue weighted by Gasteiger charge is 2.23. The van der Waals surface area contributed by atoms with Gasteiger partial charge < -0.3 is 10.6 Å². The van der Waals surface area contributed by atoms with Gasteiger partial charge in [0.1, 0.15) is 5.82 Å². The molecule has 1 aliphatic heterocycles. The van der Waals surface area contributed by atoms with E-state index in [4.69, 9.17) is 5.73 Å². The maximum Gasteiger partial charge on any atom is 0.257 e. The molecule has 1 aliphatic rings. The summed E-state index contributed by atoms with van der Waals surface area (Å²) in [6, 6.07) is 14.2. The second-order valence-corrected chi connectivity index (χ2v) is 7.82. The van der Waals surface area contributed by atoms with Crippen LogP contribution in [0, 0.1) is 0 Å². The van der Waals surface area contributed by atoms with Crippen molar-refractivity contribution in [3.63, 3.8) is 0 Å². The van der Waals surface area contributed by atoms with E-state index in [-0.39, 0.29) is 5.91 Å². The van der Waals surface area contributed by atoms with Crippen molar-refractivity contribution in [3.8, 4) is 0 Å². The van der Waals surface area contributed by atoms with Crippen LogP contribution in [0.15, 0.2) is 48.0 Å². The molecular weight excluding hydrogens is 348 g/mol. The third-order valence-corrected chi connectivity index (χ3v) is 5.27. The van der Waals surface area contributed by atoms with Crippen molar-refractivity contribution in [2.24, 2.45) is 0 Å². The van der Waals surface area contributed by atoms with E-state index < -0.39 is 0 Å². The van der Waals surface area contributed by atoms with Crippen molar-refractivity contribution in [2.75, 3.05) is 39.5 Å². The van der Waals surface area contributed by atoms with E-state index in [1.165, 1.54) is 16.0 Å². The number of hydrogen-bond acceptors (Lipinski definition) is 4. The number of likely N-dealkylation sites (tertiary alicyclic amines) is 1. The second-order valence-electron chi connectivity index (χ2n) is 7.82. The van der Waals surface area contributed by atoms with Crippen LogP contribution in [0.3, 0.4) is 0 Å². The summed E-state index contributed by atoms with van der Waals surface area (Å²) in [7, 11) is 3.44. The van der Waals surface area contributed by atoms with Gasteiger partial charge in [0.2, 0.25) is 0 Å². The predicted octanol–water partition coefficient (Wildman–Crippen LogP) is 3.65. The number of nitrogen functional groups attached to an aromatic ring is 1. The molecular formula is C23H30N4O. The second kappa shape index (κ2) is 9.02. The summed E-state index contributed by atoms with van der Waals surface area (Å²) in [5.74, 6) is 0.632. The van der Waals surface area contributed by atoms with E-state index in [9.17, 15) is 4.79 Å². The van der Waals surface area contributed by atoms with Gasteiger partial charge in [-0.3, -0.25) is 9.69 Å². The Hall–Kier alpha value is -2.66. The summed E-state index contributed by atoms with van der Waals surface area (Å²) in [5.41, 5.74) is 10.2. The number of anilines is 1. The number of carbonyl (C=O) groups excluding carboxylic acids is 1. The number of rotatable bonds is 5. The van der Waals surface area contributed by atoms with E-state index in [1.54, 1.807) is 14.1 Å². The summed E-state index contributed by atoms with van der Waals surface area (Å²) in [6.07, 6.45) is 4.38. The Kier molecular flexibility index (Phi) is 6.47. The first-order chi connectivity index (χ1) is 13.4. The Morgan fingerprint density at radius 2 is 1.86 bits per heavy atom. The molecule has 1 aromatic heterocycles. The van der Waals surface area contributed by atoms with Crippen molar-refractivity contribution < 1.29 is 4.79 Å². The van der Waals surface area contributed by atoms with Crippen LogP contribution >= 0.6 is 0 Å². The number of aromatic nitrogens is 1. The molecule has 1 amide bonds. The number of piperidine rings is 1. The molecule has 2 heterocycles. The molecule has 0 radical (unpaired) electrons. The fourth-order valence-electron chi connectivity index (χ4n) is 3.76. The molecule has 0 unspecified atom stereocenters. The van der Waals surface area contributed by atoms with E-state index >= 15 is 0 Å². The molecule has 3 rings (SSSR count). The van der Waals surface area contributed by atoms with Gasteiger partial charge in [-0.25, -0.2) is 4.98 Å². The first-order valence-electron chi connectivity index (χ1n) is 9.86. The van der Waals surface area contributed by atoms with Gasteiger partial charge in [-0.2, -0.15) is 0 Å². The van der Waals surface area contributed by atoms with Gasteiger partial charge in [0, 0.05) is 32.3 Å².